The van der Waals surface area contributed by atoms with Crippen molar-refractivity contribution in [2.45, 2.75) is 20.0 Å². The van der Waals surface area contributed by atoms with Gasteiger partial charge < -0.3 is 9.15 Å². The number of benzene rings is 1. The molecule has 3 rings (SSSR count). The molecule has 1 atom stereocenters. The molecule has 0 bridgehead atoms. The first-order chi connectivity index (χ1) is 11.6. The van der Waals surface area contributed by atoms with Crippen molar-refractivity contribution in [1.29, 1.82) is 0 Å². The van der Waals surface area contributed by atoms with Gasteiger partial charge in [0.2, 0.25) is 5.89 Å². The number of aromatic nitrogens is 2. The van der Waals surface area contributed by atoms with E-state index in [0.29, 0.717) is 5.89 Å². The van der Waals surface area contributed by atoms with E-state index in [2.05, 4.69) is 10.2 Å². The molecule has 6 heteroatoms. The fourth-order valence-corrected chi connectivity index (χ4v) is 2.63. The molecule has 0 fully saturated rings. The van der Waals surface area contributed by atoms with Crippen LogP contribution in [-0.4, -0.2) is 16.2 Å². The van der Waals surface area contributed by atoms with Crippen LogP contribution >= 0.6 is 11.3 Å². The van der Waals surface area contributed by atoms with Crippen LogP contribution in [0.3, 0.4) is 0 Å². The van der Waals surface area contributed by atoms with Crippen LogP contribution < -0.4 is 0 Å². The van der Waals surface area contributed by atoms with Crippen molar-refractivity contribution in [2.75, 3.05) is 0 Å². The lowest BCUT2D eigenvalue weighted by atomic mass is 10.1. The van der Waals surface area contributed by atoms with Crippen LogP contribution in [0.25, 0.3) is 17.5 Å². The summed E-state index contributed by atoms with van der Waals surface area (Å²) in [5.41, 5.74) is 1.98. The van der Waals surface area contributed by atoms with Crippen molar-refractivity contribution in [1.82, 2.24) is 10.2 Å². The van der Waals surface area contributed by atoms with Crippen LogP contribution in [0.1, 0.15) is 29.4 Å². The van der Waals surface area contributed by atoms with Crippen molar-refractivity contribution < 1.29 is 13.9 Å². The maximum Gasteiger partial charge on any atom is 0.331 e. The highest BCUT2D eigenvalue weighted by Crippen LogP contribution is 2.22. The quantitative estimate of drug-likeness (QED) is 0.508. The molecule has 3 aromatic rings. The van der Waals surface area contributed by atoms with Gasteiger partial charge >= 0.3 is 5.97 Å². The zero-order valence-electron chi connectivity index (χ0n) is 13.3. The molecule has 0 saturated heterocycles. The molecule has 0 aliphatic rings. The van der Waals surface area contributed by atoms with E-state index in [0.717, 1.165) is 16.0 Å². The average molecular weight is 340 g/mol. The van der Waals surface area contributed by atoms with E-state index in [1.807, 2.05) is 48.7 Å². The fourth-order valence-electron chi connectivity index (χ4n) is 2.01. The summed E-state index contributed by atoms with van der Waals surface area (Å²) in [5.74, 6) is 0.219. The summed E-state index contributed by atoms with van der Waals surface area (Å²) in [6, 6.07) is 11.6. The molecule has 24 heavy (non-hydrogen) atoms. The third kappa shape index (κ3) is 3.97. The first-order valence-corrected chi connectivity index (χ1v) is 8.32. The van der Waals surface area contributed by atoms with E-state index >= 15 is 0 Å². The van der Waals surface area contributed by atoms with Crippen molar-refractivity contribution in [3.8, 4) is 11.5 Å². The maximum absolute atomic E-state index is 11.8. The van der Waals surface area contributed by atoms with Gasteiger partial charge in [0.25, 0.3) is 5.89 Å². The number of aryl methyl sites for hydroxylation is 1. The van der Waals surface area contributed by atoms with E-state index in [9.17, 15) is 4.79 Å². The molecular weight excluding hydrogens is 324 g/mol. The second kappa shape index (κ2) is 7.23. The Hall–Kier alpha value is -2.73. The Morgan fingerprint density at radius 2 is 2.04 bits per heavy atom. The van der Waals surface area contributed by atoms with Crippen LogP contribution in [0.5, 0.6) is 0 Å². The molecular formula is C18H16N2O3S. The van der Waals surface area contributed by atoms with Crippen molar-refractivity contribution in [3.05, 3.63) is 64.2 Å². The third-order valence-corrected chi connectivity index (χ3v) is 4.14. The Labute approximate surface area is 143 Å². The number of rotatable bonds is 5. The normalized spacial score (nSPS) is 12.4. The highest BCUT2D eigenvalue weighted by molar-refractivity contribution is 7.10. The summed E-state index contributed by atoms with van der Waals surface area (Å²) in [7, 11) is 0. The summed E-state index contributed by atoms with van der Waals surface area (Å²) in [6.07, 6.45) is 2.49. The maximum atomic E-state index is 11.8. The van der Waals surface area contributed by atoms with E-state index in [1.165, 1.54) is 6.08 Å². The minimum Gasteiger partial charge on any atom is -0.449 e. The Kier molecular flexibility index (Phi) is 4.86. The summed E-state index contributed by atoms with van der Waals surface area (Å²) in [6.45, 7) is 3.71. The molecule has 0 unspecified atom stereocenters. The number of carbonyl (C=O) groups excluding carboxylic acids is 1. The highest BCUT2D eigenvalue weighted by atomic mass is 32.1. The second-order valence-electron chi connectivity index (χ2n) is 5.24. The van der Waals surface area contributed by atoms with Crippen molar-refractivity contribution >= 4 is 23.4 Å². The lowest BCUT2D eigenvalue weighted by Gasteiger charge is -2.06. The molecule has 0 radical (unpaired) electrons. The second-order valence-corrected chi connectivity index (χ2v) is 6.22. The molecule has 0 aliphatic carbocycles. The first-order valence-electron chi connectivity index (χ1n) is 7.44. The van der Waals surface area contributed by atoms with Crippen LogP contribution in [-0.2, 0) is 9.53 Å². The van der Waals surface area contributed by atoms with Gasteiger partial charge in [0, 0.05) is 16.5 Å². The number of carbonyl (C=O) groups is 1. The van der Waals surface area contributed by atoms with Gasteiger partial charge in [-0.2, -0.15) is 0 Å². The van der Waals surface area contributed by atoms with Gasteiger partial charge in [-0.25, -0.2) is 4.79 Å². The van der Waals surface area contributed by atoms with Crippen molar-refractivity contribution in [2.24, 2.45) is 0 Å². The molecule has 5 nitrogen and oxygen atoms in total. The van der Waals surface area contributed by atoms with E-state index in [-0.39, 0.29) is 5.89 Å². The van der Waals surface area contributed by atoms with Gasteiger partial charge in [-0.05, 0) is 43.5 Å². The van der Waals surface area contributed by atoms with E-state index in [4.69, 9.17) is 9.15 Å². The fraction of sp³-hybridized carbons (Fsp3) is 0.167. The number of hydrogen-bond acceptors (Lipinski definition) is 6. The first kappa shape index (κ1) is 16.1. The smallest absolute Gasteiger partial charge is 0.331 e. The number of hydrogen-bond donors (Lipinski definition) is 0. The molecule has 1 aromatic carbocycles. The van der Waals surface area contributed by atoms with Crippen molar-refractivity contribution in [3.63, 3.8) is 0 Å². The largest absolute Gasteiger partial charge is 0.449 e. The van der Waals surface area contributed by atoms with Gasteiger partial charge in [0.05, 0.1) is 0 Å². The zero-order chi connectivity index (χ0) is 16.9. The zero-order valence-corrected chi connectivity index (χ0v) is 14.1. The predicted molar refractivity (Wildman–Crippen MR) is 92.3 cm³/mol. The topological polar surface area (TPSA) is 65.2 Å². The van der Waals surface area contributed by atoms with Gasteiger partial charge in [0.15, 0.2) is 6.10 Å². The number of ether oxygens (including phenoxy) is 1. The Morgan fingerprint density at radius 1 is 1.25 bits per heavy atom. The van der Waals surface area contributed by atoms with Gasteiger partial charge in [-0.1, -0.05) is 23.8 Å². The summed E-state index contributed by atoms with van der Waals surface area (Å²) < 4.78 is 10.9. The minimum atomic E-state index is -0.614. The predicted octanol–water partition coefficient (Wildman–Crippen LogP) is 4.42. The molecule has 122 valence electrons. The molecule has 0 spiro atoms. The summed E-state index contributed by atoms with van der Waals surface area (Å²) in [4.78, 5) is 12.8. The third-order valence-electron chi connectivity index (χ3n) is 3.31. The highest BCUT2D eigenvalue weighted by Gasteiger charge is 2.18. The summed E-state index contributed by atoms with van der Waals surface area (Å²) in [5, 5.41) is 9.91. The molecule has 2 heterocycles. The van der Waals surface area contributed by atoms with Crippen LogP contribution in [0, 0.1) is 6.92 Å². The lowest BCUT2D eigenvalue weighted by Crippen LogP contribution is -2.06. The minimum absolute atomic E-state index is 0.267. The number of esters is 1. The molecule has 0 saturated carbocycles. The van der Waals surface area contributed by atoms with Gasteiger partial charge in [0.1, 0.15) is 0 Å². The Balaban J connectivity index is 1.64. The average Bonchev–Trinajstić information content (AvgIpc) is 3.25. The number of nitrogens with zero attached hydrogens (tertiary/aromatic N) is 2. The molecule has 0 aliphatic heterocycles. The monoisotopic (exact) mass is 340 g/mol. The Morgan fingerprint density at radius 3 is 2.75 bits per heavy atom. The van der Waals surface area contributed by atoms with E-state index < -0.39 is 12.1 Å². The van der Waals surface area contributed by atoms with Crippen LogP contribution in [0.4, 0.5) is 0 Å². The molecule has 2 aromatic heterocycles. The molecule has 0 N–H and O–H groups in total. The SMILES string of the molecule is Cc1ccc(-c2nnc([C@H](C)OC(=O)/C=C/c3cccs3)o2)cc1. The molecule has 0 amide bonds. The van der Waals surface area contributed by atoms with Crippen LogP contribution in [0.15, 0.2) is 52.3 Å². The van der Waals surface area contributed by atoms with Gasteiger partial charge in [-0.3, -0.25) is 0 Å². The lowest BCUT2D eigenvalue weighted by molar-refractivity contribution is -0.143. The van der Waals surface area contributed by atoms with E-state index in [1.54, 1.807) is 24.3 Å². The van der Waals surface area contributed by atoms with Gasteiger partial charge in [-0.15, -0.1) is 21.5 Å². The summed E-state index contributed by atoms with van der Waals surface area (Å²) >= 11 is 1.55. The number of thiophene rings is 1. The standard InChI is InChI=1S/C18H16N2O3S/c1-12-5-7-14(8-6-12)18-20-19-17(23-18)13(2)22-16(21)10-9-15-4-3-11-24-15/h3-11,13H,1-2H3/b10-9+/t13-/m0/s1. The van der Waals surface area contributed by atoms with Crippen LogP contribution in [0.2, 0.25) is 0 Å². The Bertz CT molecular complexity index is 836.